The third kappa shape index (κ3) is 5.52. The van der Waals surface area contributed by atoms with Gasteiger partial charge in [-0.15, -0.1) is 0 Å². The predicted molar refractivity (Wildman–Crippen MR) is 47.8 cm³/mol. The van der Waals surface area contributed by atoms with Gasteiger partial charge in [0, 0.05) is 6.21 Å². The minimum absolute atomic E-state index is 0.398. The summed E-state index contributed by atoms with van der Waals surface area (Å²) in [7, 11) is 0. The van der Waals surface area contributed by atoms with E-state index >= 15 is 0 Å². The molecule has 0 saturated heterocycles. The maximum Gasteiger partial charge on any atom is 0.168 e. The third-order valence-corrected chi connectivity index (χ3v) is 1.06. The molecule has 0 bridgehead atoms. The number of carbonyl (C=O) groups is 1. The molecule has 0 heterocycles. The fourth-order valence-corrected chi connectivity index (χ4v) is 0.576. The molecule has 0 rings (SSSR count). The van der Waals surface area contributed by atoms with Crippen LogP contribution in [0.5, 0.6) is 0 Å². The van der Waals surface area contributed by atoms with Gasteiger partial charge in [0.15, 0.2) is 6.29 Å². The summed E-state index contributed by atoms with van der Waals surface area (Å²) in [5.41, 5.74) is 0.529. The zero-order valence-corrected chi connectivity index (χ0v) is 7.37. The van der Waals surface area contributed by atoms with Gasteiger partial charge < -0.3 is 0 Å². The van der Waals surface area contributed by atoms with Gasteiger partial charge in [0.1, 0.15) is 0 Å². The average Bonchev–Trinajstić information content (AvgIpc) is 1.97. The Kier molecular flexibility index (Phi) is 5.35. The second-order valence-corrected chi connectivity index (χ2v) is 2.68. The summed E-state index contributed by atoms with van der Waals surface area (Å²) in [5.74, 6) is 0.398. The second kappa shape index (κ2) is 5.83. The van der Waals surface area contributed by atoms with E-state index in [9.17, 15) is 4.79 Å². The summed E-state index contributed by atoms with van der Waals surface area (Å²) in [6.07, 6.45) is 5.22. The lowest BCUT2D eigenvalue weighted by atomic mass is 10.2. The van der Waals surface area contributed by atoms with Crippen molar-refractivity contribution in [1.29, 1.82) is 0 Å². The van der Waals surface area contributed by atoms with Gasteiger partial charge in [-0.1, -0.05) is 26.8 Å². The highest BCUT2D eigenvalue weighted by Gasteiger charge is 1.89. The molecule has 0 aromatic carbocycles. The van der Waals surface area contributed by atoms with Gasteiger partial charge in [-0.3, -0.25) is 9.79 Å². The van der Waals surface area contributed by atoms with Crippen LogP contribution in [0.2, 0.25) is 0 Å². The number of carbonyl (C=O) groups excluding carboxylic acids is 1. The van der Waals surface area contributed by atoms with Crippen LogP contribution in [0.3, 0.4) is 0 Å². The van der Waals surface area contributed by atoms with Gasteiger partial charge in [-0.25, -0.2) is 0 Å². The fourth-order valence-electron chi connectivity index (χ4n) is 0.576. The quantitative estimate of drug-likeness (QED) is 0.346. The van der Waals surface area contributed by atoms with Crippen LogP contribution in [0.4, 0.5) is 0 Å². The Labute approximate surface area is 68.0 Å². The first-order chi connectivity index (χ1) is 5.20. The Balaban J connectivity index is 4.08. The van der Waals surface area contributed by atoms with Crippen LogP contribution in [-0.2, 0) is 4.79 Å². The highest BCUT2D eigenvalue weighted by molar-refractivity contribution is 5.77. The van der Waals surface area contributed by atoms with Gasteiger partial charge in [0.05, 0.1) is 5.70 Å². The predicted octanol–water partition coefficient (Wildman–Crippen LogP) is 2.21. The number of hydrogen-bond acceptors (Lipinski definition) is 2. The second-order valence-electron chi connectivity index (χ2n) is 2.68. The molecule has 0 N–H and O–H groups in total. The van der Waals surface area contributed by atoms with Crippen LogP contribution < -0.4 is 0 Å². The van der Waals surface area contributed by atoms with Crippen LogP contribution in [0.15, 0.2) is 16.8 Å². The van der Waals surface area contributed by atoms with Crippen LogP contribution >= 0.6 is 0 Å². The van der Waals surface area contributed by atoms with Gasteiger partial charge >= 0.3 is 0 Å². The maximum absolute atomic E-state index is 10.3. The molecule has 2 nitrogen and oxygen atoms in total. The molecule has 11 heavy (non-hydrogen) atoms. The van der Waals surface area contributed by atoms with Crippen molar-refractivity contribution in [2.45, 2.75) is 27.2 Å². The SMILES string of the molecule is CC/C=C(/C=O)N=CC(C)C. The molecule has 62 valence electrons. The average molecular weight is 153 g/mol. The molecule has 0 fully saturated rings. The van der Waals surface area contributed by atoms with E-state index in [1.54, 1.807) is 6.21 Å². The lowest BCUT2D eigenvalue weighted by molar-refractivity contribution is -0.104. The molecule has 0 saturated carbocycles. The number of nitrogens with zero attached hydrogens (tertiary/aromatic N) is 1. The molecular weight excluding hydrogens is 138 g/mol. The smallest absolute Gasteiger partial charge is 0.168 e. The first kappa shape index (κ1) is 10.1. The Morgan fingerprint density at radius 2 is 2.18 bits per heavy atom. The number of rotatable bonds is 4. The maximum atomic E-state index is 10.3. The number of hydrogen-bond donors (Lipinski definition) is 0. The van der Waals surface area contributed by atoms with Gasteiger partial charge in [-0.05, 0) is 12.3 Å². The molecule has 0 aromatic heterocycles. The molecule has 0 spiro atoms. The Morgan fingerprint density at radius 3 is 2.55 bits per heavy atom. The van der Waals surface area contributed by atoms with Crippen molar-refractivity contribution in [3.8, 4) is 0 Å². The summed E-state index contributed by atoms with van der Waals surface area (Å²) in [5, 5.41) is 0. The molecule has 0 unspecified atom stereocenters. The molecule has 0 aliphatic heterocycles. The topological polar surface area (TPSA) is 29.4 Å². The Bertz CT molecular complexity index is 168. The van der Waals surface area contributed by atoms with Crippen molar-refractivity contribution in [1.82, 2.24) is 0 Å². The molecule has 0 radical (unpaired) electrons. The minimum atomic E-state index is 0.398. The minimum Gasteiger partial charge on any atom is -0.296 e. The van der Waals surface area contributed by atoms with E-state index in [2.05, 4.69) is 4.99 Å². The lowest BCUT2D eigenvalue weighted by Gasteiger charge is -1.92. The first-order valence-corrected chi connectivity index (χ1v) is 3.90. The molecule has 0 aliphatic carbocycles. The summed E-state index contributed by atoms with van der Waals surface area (Å²) in [4.78, 5) is 14.3. The molecule has 0 amide bonds. The first-order valence-electron chi connectivity index (χ1n) is 3.90. The van der Waals surface area contributed by atoms with E-state index in [1.165, 1.54) is 0 Å². The summed E-state index contributed by atoms with van der Waals surface area (Å²) in [6.45, 7) is 6.03. The number of aliphatic imine (C=N–C) groups is 1. The molecular formula is C9H15NO. The molecule has 2 heteroatoms. The van der Waals surface area contributed by atoms with E-state index < -0.39 is 0 Å². The van der Waals surface area contributed by atoms with Gasteiger partial charge in [-0.2, -0.15) is 0 Å². The monoisotopic (exact) mass is 153 g/mol. The van der Waals surface area contributed by atoms with Crippen molar-refractivity contribution in [2.24, 2.45) is 10.9 Å². The van der Waals surface area contributed by atoms with Crippen LogP contribution in [0.25, 0.3) is 0 Å². The van der Waals surface area contributed by atoms with Crippen LogP contribution in [-0.4, -0.2) is 12.5 Å². The molecule has 0 aromatic rings. The highest BCUT2D eigenvalue weighted by atomic mass is 16.1. The van der Waals surface area contributed by atoms with Crippen molar-refractivity contribution in [3.63, 3.8) is 0 Å². The van der Waals surface area contributed by atoms with E-state index in [0.717, 1.165) is 12.7 Å². The van der Waals surface area contributed by atoms with E-state index in [4.69, 9.17) is 0 Å². The van der Waals surface area contributed by atoms with Crippen molar-refractivity contribution in [2.75, 3.05) is 0 Å². The lowest BCUT2D eigenvalue weighted by Crippen LogP contribution is -1.89. The van der Waals surface area contributed by atoms with E-state index in [0.29, 0.717) is 11.6 Å². The zero-order chi connectivity index (χ0) is 8.69. The van der Waals surface area contributed by atoms with E-state index in [1.807, 2.05) is 26.8 Å². The van der Waals surface area contributed by atoms with Gasteiger partial charge in [0.25, 0.3) is 0 Å². The normalized spacial score (nSPS) is 12.9. The molecule has 0 aliphatic rings. The standard InChI is InChI=1S/C9H15NO/c1-4-5-9(7-11)10-6-8(2)3/h5-8H,4H2,1-3H3/b9-5-,10-6?. The van der Waals surface area contributed by atoms with Crippen molar-refractivity contribution in [3.05, 3.63) is 11.8 Å². The van der Waals surface area contributed by atoms with Gasteiger partial charge in [0.2, 0.25) is 0 Å². The fraction of sp³-hybridized carbons (Fsp3) is 0.556. The van der Waals surface area contributed by atoms with E-state index in [-0.39, 0.29) is 0 Å². The Morgan fingerprint density at radius 1 is 1.55 bits per heavy atom. The largest absolute Gasteiger partial charge is 0.296 e. The summed E-state index contributed by atoms with van der Waals surface area (Å²) >= 11 is 0. The summed E-state index contributed by atoms with van der Waals surface area (Å²) < 4.78 is 0. The number of allylic oxidation sites excluding steroid dienone is 2. The Hall–Kier alpha value is -0.920. The van der Waals surface area contributed by atoms with Crippen LogP contribution in [0.1, 0.15) is 27.2 Å². The third-order valence-electron chi connectivity index (χ3n) is 1.06. The van der Waals surface area contributed by atoms with Crippen molar-refractivity contribution < 1.29 is 4.79 Å². The van der Waals surface area contributed by atoms with Crippen molar-refractivity contribution >= 4 is 12.5 Å². The molecule has 0 atom stereocenters. The summed E-state index contributed by atoms with van der Waals surface area (Å²) in [6, 6.07) is 0. The number of aldehydes is 1. The highest BCUT2D eigenvalue weighted by Crippen LogP contribution is 1.95. The zero-order valence-electron chi connectivity index (χ0n) is 7.37. The van der Waals surface area contributed by atoms with Crippen LogP contribution in [0, 0.1) is 5.92 Å².